The zero-order chi connectivity index (χ0) is 22.6. The van der Waals surface area contributed by atoms with Crippen molar-refractivity contribution in [2.45, 2.75) is 6.92 Å². The predicted molar refractivity (Wildman–Crippen MR) is 152 cm³/mol. The van der Waals surface area contributed by atoms with Gasteiger partial charge in [0.2, 0.25) is 0 Å². The van der Waals surface area contributed by atoms with Crippen LogP contribution in [-0.4, -0.2) is 37.1 Å². The number of rotatable bonds is 3. The van der Waals surface area contributed by atoms with Gasteiger partial charge in [0.1, 0.15) is 42.6 Å². The highest BCUT2D eigenvalue weighted by Gasteiger charge is 2.18. The zero-order valence-corrected chi connectivity index (χ0v) is 19.3. The molecular formula is C26H23B4NO. The van der Waals surface area contributed by atoms with Gasteiger partial charge in [-0.1, -0.05) is 72.1 Å². The highest BCUT2D eigenvalue weighted by Crippen LogP contribution is 2.29. The van der Waals surface area contributed by atoms with E-state index in [1.807, 2.05) is 0 Å². The fourth-order valence-electron chi connectivity index (χ4n) is 4.89. The Hall–Kier alpha value is -3.39. The first-order valence-corrected chi connectivity index (χ1v) is 11.0. The lowest BCUT2D eigenvalue weighted by Crippen LogP contribution is -2.21. The fourth-order valence-corrected chi connectivity index (χ4v) is 4.89. The summed E-state index contributed by atoms with van der Waals surface area (Å²) < 4.78 is 6.38. The van der Waals surface area contributed by atoms with Crippen LogP contribution in [-0.2, 0) is 0 Å². The molecule has 1 heterocycles. The molecule has 0 N–H and O–H groups in total. The Morgan fingerprint density at radius 3 is 2.31 bits per heavy atom. The van der Waals surface area contributed by atoms with Crippen molar-refractivity contribution in [1.82, 2.24) is 0 Å². The van der Waals surface area contributed by atoms with Crippen molar-refractivity contribution in [2.75, 3.05) is 0 Å². The van der Waals surface area contributed by atoms with Gasteiger partial charge in [-0.2, -0.15) is 0 Å². The molecule has 6 heteroatoms. The van der Waals surface area contributed by atoms with Gasteiger partial charge in [-0.05, 0) is 34.7 Å². The van der Waals surface area contributed by atoms with E-state index in [9.17, 15) is 0 Å². The molecule has 32 heavy (non-hydrogen) atoms. The van der Waals surface area contributed by atoms with Crippen LogP contribution in [0.3, 0.4) is 0 Å². The number of hydrogen-bond donors (Lipinski definition) is 0. The lowest BCUT2D eigenvalue weighted by molar-refractivity contribution is 0.674. The van der Waals surface area contributed by atoms with E-state index in [1.54, 1.807) is 0 Å². The molecule has 150 valence electrons. The first kappa shape index (κ1) is 20.5. The van der Waals surface area contributed by atoms with E-state index in [4.69, 9.17) is 9.41 Å². The molecule has 5 rings (SSSR count). The van der Waals surface area contributed by atoms with Gasteiger partial charge in [0.05, 0.1) is 5.70 Å². The topological polar surface area (TPSA) is 25.5 Å². The van der Waals surface area contributed by atoms with Crippen molar-refractivity contribution in [3.8, 4) is 0 Å². The Morgan fingerprint density at radius 2 is 1.53 bits per heavy atom. The molecule has 0 radical (unpaired) electrons. The molecule has 0 aliphatic rings. The lowest BCUT2D eigenvalue weighted by atomic mass is 9.79. The number of benzene rings is 4. The van der Waals surface area contributed by atoms with Gasteiger partial charge in [0.15, 0.2) is 0 Å². The summed E-state index contributed by atoms with van der Waals surface area (Å²) >= 11 is 0. The first-order chi connectivity index (χ1) is 15.3. The summed E-state index contributed by atoms with van der Waals surface area (Å²) in [6.45, 7) is 6.37. The highest BCUT2D eigenvalue weighted by atomic mass is 16.3. The molecule has 4 aromatic carbocycles. The Bertz CT molecular complexity index is 1600. The second-order valence-corrected chi connectivity index (χ2v) is 8.86. The van der Waals surface area contributed by atoms with Crippen molar-refractivity contribution in [3.05, 3.63) is 78.4 Å². The molecule has 0 saturated heterocycles. The zero-order valence-electron chi connectivity index (χ0n) is 19.3. The van der Waals surface area contributed by atoms with E-state index in [0.29, 0.717) is 0 Å². The minimum atomic E-state index is 0.765. The number of furan rings is 1. The van der Waals surface area contributed by atoms with Crippen LogP contribution in [0.1, 0.15) is 18.1 Å². The van der Waals surface area contributed by atoms with E-state index < -0.39 is 0 Å². The summed E-state index contributed by atoms with van der Waals surface area (Å²) in [5.41, 5.74) is 10.5. The van der Waals surface area contributed by atoms with Crippen molar-refractivity contribution in [2.24, 2.45) is 4.99 Å². The summed E-state index contributed by atoms with van der Waals surface area (Å²) in [4.78, 5) is 4.98. The SMILES string of the molecule is Bc1cc(B)c2oc3c(B)cc(B)c(/C(C)=N/C(=C)c4ccc5ccccc5c4)c3c2c1. The highest BCUT2D eigenvalue weighted by molar-refractivity contribution is 6.49. The molecule has 0 fully saturated rings. The second kappa shape index (κ2) is 7.63. The van der Waals surface area contributed by atoms with Crippen LogP contribution in [0.15, 0.2) is 76.7 Å². The Balaban J connectivity index is 1.70. The van der Waals surface area contributed by atoms with Gasteiger partial charge in [-0.3, -0.25) is 4.99 Å². The molecule has 2 nitrogen and oxygen atoms in total. The molecular weight excluding hydrogens is 386 g/mol. The molecule has 0 aliphatic carbocycles. The van der Waals surface area contributed by atoms with Crippen LogP contribution in [0.2, 0.25) is 0 Å². The maximum absolute atomic E-state index is 6.38. The second-order valence-electron chi connectivity index (χ2n) is 8.86. The summed E-state index contributed by atoms with van der Waals surface area (Å²) in [5, 5.41) is 4.72. The van der Waals surface area contributed by atoms with E-state index in [1.165, 1.54) is 21.7 Å². The molecule has 0 atom stereocenters. The van der Waals surface area contributed by atoms with Gasteiger partial charge in [-0.25, -0.2) is 0 Å². The number of aliphatic imine (C=N–C) groups is 1. The van der Waals surface area contributed by atoms with Gasteiger partial charge in [-0.15, -0.1) is 0 Å². The molecule has 0 saturated carbocycles. The minimum absolute atomic E-state index is 0.765. The van der Waals surface area contributed by atoms with E-state index in [2.05, 4.69) is 106 Å². The van der Waals surface area contributed by atoms with Gasteiger partial charge >= 0.3 is 0 Å². The summed E-state index contributed by atoms with van der Waals surface area (Å²) in [7, 11) is 8.52. The molecule has 0 unspecified atom stereocenters. The summed E-state index contributed by atoms with van der Waals surface area (Å²) in [5.74, 6) is 0. The lowest BCUT2D eigenvalue weighted by Gasteiger charge is -2.11. The van der Waals surface area contributed by atoms with Crippen molar-refractivity contribution >= 4 is 97.4 Å². The third-order valence-electron chi connectivity index (χ3n) is 6.30. The largest absolute Gasteiger partial charge is 0.457 e. The molecule has 5 aromatic rings. The quantitative estimate of drug-likeness (QED) is 0.310. The van der Waals surface area contributed by atoms with Gasteiger partial charge < -0.3 is 4.42 Å². The van der Waals surface area contributed by atoms with Crippen molar-refractivity contribution in [1.29, 1.82) is 0 Å². The van der Waals surface area contributed by atoms with E-state index in [0.717, 1.165) is 55.4 Å². The third-order valence-corrected chi connectivity index (χ3v) is 6.30. The number of hydrogen-bond acceptors (Lipinski definition) is 2. The maximum atomic E-state index is 6.38. The summed E-state index contributed by atoms with van der Waals surface area (Å²) in [6, 6.07) is 21.3. The van der Waals surface area contributed by atoms with Crippen LogP contribution in [0.25, 0.3) is 38.4 Å². The van der Waals surface area contributed by atoms with Crippen LogP contribution in [0.4, 0.5) is 0 Å². The fraction of sp³-hybridized carbons (Fsp3) is 0.0385. The van der Waals surface area contributed by atoms with Crippen molar-refractivity contribution < 1.29 is 4.42 Å². The first-order valence-electron chi connectivity index (χ1n) is 11.0. The van der Waals surface area contributed by atoms with E-state index in [-0.39, 0.29) is 0 Å². The average molecular weight is 409 g/mol. The molecule has 0 aliphatic heterocycles. The van der Waals surface area contributed by atoms with Crippen molar-refractivity contribution in [3.63, 3.8) is 0 Å². The van der Waals surface area contributed by atoms with Crippen LogP contribution in [0, 0.1) is 0 Å². The van der Waals surface area contributed by atoms with Crippen LogP contribution < -0.4 is 21.9 Å². The Morgan fingerprint density at radius 1 is 0.812 bits per heavy atom. The minimum Gasteiger partial charge on any atom is -0.457 e. The van der Waals surface area contributed by atoms with Crippen LogP contribution >= 0.6 is 0 Å². The van der Waals surface area contributed by atoms with Gasteiger partial charge in [0.25, 0.3) is 0 Å². The molecule has 0 amide bonds. The van der Waals surface area contributed by atoms with Gasteiger partial charge in [0, 0.05) is 27.6 Å². The monoisotopic (exact) mass is 409 g/mol. The molecule has 0 bridgehead atoms. The normalized spacial score (nSPS) is 12.1. The maximum Gasteiger partial charge on any atom is 0.144 e. The molecule has 1 aromatic heterocycles. The predicted octanol–water partition coefficient (Wildman–Crippen LogP) is 0.253. The number of nitrogens with zero attached hydrogens (tertiary/aromatic N) is 1. The Kier molecular flexibility index (Phi) is 4.89. The smallest absolute Gasteiger partial charge is 0.144 e. The molecule has 0 spiro atoms. The Labute approximate surface area is 192 Å². The average Bonchev–Trinajstić information content (AvgIpc) is 3.13. The number of fused-ring (bicyclic) bond motifs is 4. The standard InChI is InChI=1S/C26H23B4NO/c1-13(16-8-7-15-5-3-4-6-17(15)9-16)31-14(2)23-20(28)12-22(30)26-24(23)19-10-18(27)11-21(29)25(19)32-26/h3-12H,1,27-30H2,2H3/b31-14+. The van der Waals surface area contributed by atoms with Crippen LogP contribution in [0.5, 0.6) is 0 Å². The summed E-state index contributed by atoms with van der Waals surface area (Å²) in [6.07, 6.45) is 0. The van der Waals surface area contributed by atoms with E-state index >= 15 is 0 Å². The third kappa shape index (κ3) is 3.31.